The number of sulfone groups is 1. The van der Waals surface area contributed by atoms with Gasteiger partial charge in [0.05, 0.1) is 30.3 Å². The third-order valence-electron chi connectivity index (χ3n) is 3.19. The number of aliphatic hydroxyl groups is 2. The van der Waals surface area contributed by atoms with E-state index in [1.165, 1.54) is 6.26 Å². The van der Waals surface area contributed by atoms with Crippen LogP contribution in [-0.2, 0) is 22.9 Å². The van der Waals surface area contributed by atoms with Crippen molar-refractivity contribution in [3.8, 4) is 0 Å². The van der Waals surface area contributed by atoms with E-state index in [0.717, 1.165) is 12.2 Å². The second kappa shape index (κ2) is 5.58. The predicted molar refractivity (Wildman–Crippen MR) is 69.3 cm³/mol. The molecular weight excluding hydrogens is 270 g/mol. The molecule has 0 unspecified atom stereocenters. The molecule has 7 nitrogen and oxygen atoms in total. The molecule has 0 saturated carbocycles. The molecule has 0 bridgehead atoms. The lowest BCUT2D eigenvalue weighted by Gasteiger charge is -2.27. The molecule has 2 N–H and O–H groups in total. The van der Waals surface area contributed by atoms with E-state index in [1.807, 2.05) is 4.90 Å². The van der Waals surface area contributed by atoms with Crippen LogP contribution in [0.25, 0.3) is 0 Å². The summed E-state index contributed by atoms with van der Waals surface area (Å²) in [4.78, 5) is 2.05. The van der Waals surface area contributed by atoms with Crippen molar-refractivity contribution in [1.29, 1.82) is 0 Å². The fourth-order valence-electron chi connectivity index (χ4n) is 2.09. The van der Waals surface area contributed by atoms with Gasteiger partial charge in [0.2, 0.25) is 0 Å². The summed E-state index contributed by atoms with van der Waals surface area (Å²) in [5, 5.41) is 22.7. The minimum Gasteiger partial charge on any atom is -0.393 e. The zero-order valence-electron chi connectivity index (χ0n) is 10.9. The summed E-state index contributed by atoms with van der Waals surface area (Å²) < 4.78 is 24.1. The summed E-state index contributed by atoms with van der Waals surface area (Å²) in [5.74, 6) is 0.146. The van der Waals surface area contributed by atoms with Crippen LogP contribution in [0.3, 0.4) is 0 Å². The molecule has 0 radical (unpaired) electrons. The molecule has 1 aliphatic rings. The Labute approximate surface area is 112 Å². The Hall–Kier alpha value is -0.960. The first-order valence-corrected chi connectivity index (χ1v) is 8.21. The normalized spacial score (nSPS) is 18.3. The van der Waals surface area contributed by atoms with Gasteiger partial charge in [-0.2, -0.15) is 5.10 Å². The van der Waals surface area contributed by atoms with E-state index < -0.39 is 15.9 Å². The molecular formula is C11H19N3O4S. The van der Waals surface area contributed by atoms with Crippen LogP contribution in [0.4, 0.5) is 0 Å². The summed E-state index contributed by atoms with van der Waals surface area (Å²) in [5.41, 5.74) is 1.39. The Morgan fingerprint density at radius 1 is 1.47 bits per heavy atom. The lowest BCUT2D eigenvalue weighted by molar-refractivity contribution is 0.0915. The molecule has 8 heteroatoms. The van der Waals surface area contributed by atoms with Crippen molar-refractivity contribution in [2.75, 3.05) is 31.7 Å². The first-order valence-electron chi connectivity index (χ1n) is 6.14. The molecule has 1 atom stereocenters. The van der Waals surface area contributed by atoms with Gasteiger partial charge in [0.1, 0.15) is 15.9 Å². The van der Waals surface area contributed by atoms with E-state index in [9.17, 15) is 13.5 Å². The maximum atomic E-state index is 11.1. The van der Waals surface area contributed by atoms with E-state index in [2.05, 4.69) is 5.10 Å². The summed E-state index contributed by atoms with van der Waals surface area (Å²) >= 11 is 0. The predicted octanol–water partition coefficient (Wildman–Crippen LogP) is -1.23. The molecule has 1 aromatic heterocycles. The highest BCUT2D eigenvalue weighted by atomic mass is 32.2. The van der Waals surface area contributed by atoms with Crippen LogP contribution in [-0.4, -0.2) is 65.0 Å². The van der Waals surface area contributed by atoms with E-state index >= 15 is 0 Å². The number of rotatable bonds is 5. The maximum absolute atomic E-state index is 11.1. The summed E-state index contributed by atoms with van der Waals surface area (Å²) in [6, 6.07) is 1.76. The first kappa shape index (κ1) is 14.4. The standard InChI is InChI=1S/C11H19N3O4S/c1-19(17,18)5-4-13-2-3-14-9(7-13)6-10(12-14)11(16)8-15/h6,11,15-16H,2-5,7-8H2,1H3/t11-/m0/s1. The van der Waals surface area contributed by atoms with E-state index in [0.29, 0.717) is 25.3 Å². The number of hydrogen-bond donors (Lipinski definition) is 2. The van der Waals surface area contributed by atoms with Gasteiger partial charge >= 0.3 is 0 Å². The Bertz CT molecular complexity index is 540. The van der Waals surface area contributed by atoms with Crippen molar-refractivity contribution in [3.63, 3.8) is 0 Å². The average Bonchev–Trinajstić information content (AvgIpc) is 2.77. The molecule has 108 valence electrons. The van der Waals surface area contributed by atoms with E-state index in [4.69, 9.17) is 5.11 Å². The van der Waals surface area contributed by atoms with Crippen molar-refractivity contribution in [1.82, 2.24) is 14.7 Å². The number of nitrogens with zero attached hydrogens (tertiary/aromatic N) is 3. The van der Waals surface area contributed by atoms with Gasteiger partial charge in [-0.25, -0.2) is 8.42 Å². The van der Waals surface area contributed by atoms with Gasteiger partial charge < -0.3 is 10.2 Å². The van der Waals surface area contributed by atoms with Crippen LogP contribution in [0.2, 0.25) is 0 Å². The zero-order chi connectivity index (χ0) is 14.0. The van der Waals surface area contributed by atoms with Gasteiger partial charge in [0.25, 0.3) is 0 Å². The average molecular weight is 289 g/mol. The van der Waals surface area contributed by atoms with Crippen molar-refractivity contribution >= 4 is 9.84 Å². The first-order chi connectivity index (χ1) is 8.89. The number of hydrogen-bond acceptors (Lipinski definition) is 6. The van der Waals surface area contributed by atoms with Crippen LogP contribution in [0, 0.1) is 0 Å². The van der Waals surface area contributed by atoms with Gasteiger partial charge in [-0.15, -0.1) is 0 Å². The Balaban J connectivity index is 2.01. The maximum Gasteiger partial charge on any atom is 0.148 e. The number of aliphatic hydroxyl groups excluding tert-OH is 2. The highest BCUT2D eigenvalue weighted by Gasteiger charge is 2.21. The quantitative estimate of drug-likeness (QED) is 0.704. The van der Waals surface area contributed by atoms with E-state index in [-0.39, 0.29) is 12.4 Å². The Morgan fingerprint density at radius 2 is 2.21 bits per heavy atom. The second-order valence-corrected chi connectivity index (χ2v) is 7.15. The third kappa shape index (κ3) is 3.75. The molecule has 1 aliphatic heterocycles. The van der Waals surface area contributed by atoms with Crippen molar-refractivity contribution in [2.24, 2.45) is 0 Å². The Kier molecular flexibility index (Phi) is 4.24. The second-order valence-electron chi connectivity index (χ2n) is 4.89. The minimum atomic E-state index is -2.95. The topological polar surface area (TPSA) is 95.7 Å². The molecule has 0 aromatic carbocycles. The fourth-order valence-corrected chi connectivity index (χ4v) is 2.67. The highest BCUT2D eigenvalue weighted by Crippen LogP contribution is 2.17. The molecule has 0 amide bonds. The van der Waals surface area contributed by atoms with Crippen LogP contribution < -0.4 is 0 Å². The molecule has 19 heavy (non-hydrogen) atoms. The van der Waals surface area contributed by atoms with Gasteiger partial charge in [-0.05, 0) is 6.07 Å². The summed E-state index contributed by atoms with van der Waals surface area (Å²) in [6.07, 6.45) is 0.277. The lowest BCUT2D eigenvalue weighted by atomic mass is 10.2. The fraction of sp³-hybridized carbons (Fsp3) is 0.727. The molecule has 1 aromatic rings. The lowest BCUT2D eigenvalue weighted by Crippen LogP contribution is -2.36. The minimum absolute atomic E-state index is 0.146. The van der Waals surface area contributed by atoms with Crippen molar-refractivity contribution in [2.45, 2.75) is 19.2 Å². The smallest absolute Gasteiger partial charge is 0.148 e. The molecule has 0 saturated heterocycles. The van der Waals surface area contributed by atoms with Gasteiger partial charge in [-0.3, -0.25) is 9.58 Å². The zero-order valence-corrected chi connectivity index (χ0v) is 11.7. The molecule has 0 fully saturated rings. The molecule has 2 heterocycles. The SMILES string of the molecule is CS(=O)(=O)CCN1CCn2nc([C@@H](O)CO)cc2C1. The molecule has 0 spiro atoms. The van der Waals surface area contributed by atoms with E-state index in [1.54, 1.807) is 10.7 Å². The van der Waals surface area contributed by atoms with Crippen LogP contribution >= 0.6 is 0 Å². The van der Waals surface area contributed by atoms with Gasteiger partial charge in [-0.1, -0.05) is 0 Å². The number of fused-ring (bicyclic) bond motifs is 1. The van der Waals surface area contributed by atoms with Crippen LogP contribution in [0.1, 0.15) is 17.5 Å². The third-order valence-corrected chi connectivity index (χ3v) is 4.11. The van der Waals surface area contributed by atoms with Crippen LogP contribution in [0.5, 0.6) is 0 Å². The van der Waals surface area contributed by atoms with Crippen molar-refractivity contribution < 1.29 is 18.6 Å². The van der Waals surface area contributed by atoms with Gasteiger partial charge in [0.15, 0.2) is 0 Å². The molecule has 2 rings (SSSR count). The van der Waals surface area contributed by atoms with Gasteiger partial charge in [0, 0.05) is 25.9 Å². The largest absolute Gasteiger partial charge is 0.393 e. The summed E-state index contributed by atoms with van der Waals surface area (Å²) in [6.45, 7) is 2.16. The van der Waals surface area contributed by atoms with Crippen molar-refractivity contribution in [3.05, 3.63) is 17.5 Å². The monoisotopic (exact) mass is 289 g/mol. The Morgan fingerprint density at radius 3 is 2.84 bits per heavy atom. The number of aromatic nitrogens is 2. The highest BCUT2D eigenvalue weighted by molar-refractivity contribution is 7.90. The molecule has 0 aliphatic carbocycles. The van der Waals surface area contributed by atoms with Crippen LogP contribution in [0.15, 0.2) is 6.07 Å². The summed E-state index contributed by atoms with van der Waals surface area (Å²) in [7, 11) is -2.95.